The molecule has 11 heteroatoms. The Balaban J connectivity index is 1.37. The molecular formula is C26H27N3O6S2. The number of anilines is 1. The van der Waals surface area contributed by atoms with Crippen molar-refractivity contribution in [3.8, 4) is 5.75 Å². The van der Waals surface area contributed by atoms with Crippen LogP contribution >= 0.6 is 0 Å². The normalized spacial score (nSPS) is 16.5. The second kappa shape index (κ2) is 9.81. The van der Waals surface area contributed by atoms with Gasteiger partial charge in [0, 0.05) is 32.7 Å². The Bertz CT molecular complexity index is 1530. The van der Waals surface area contributed by atoms with Crippen LogP contribution in [0, 0.1) is 0 Å². The number of rotatable bonds is 6. The van der Waals surface area contributed by atoms with E-state index in [1.165, 1.54) is 38.8 Å². The van der Waals surface area contributed by atoms with Crippen molar-refractivity contribution in [1.82, 2.24) is 9.21 Å². The summed E-state index contributed by atoms with van der Waals surface area (Å²) >= 11 is 0. The van der Waals surface area contributed by atoms with Gasteiger partial charge in [-0.25, -0.2) is 16.8 Å². The topological polar surface area (TPSA) is 104 Å². The highest BCUT2D eigenvalue weighted by Crippen LogP contribution is 2.34. The average Bonchev–Trinajstić information content (AvgIpc) is 3.38. The summed E-state index contributed by atoms with van der Waals surface area (Å²) in [5, 5.41) is 0. The molecule has 1 amide bonds. The Morgan fingerprint density at radius 3 is 2.14 bits per heavy atom. The van der Waals surface area contributed by atoms with Gasteiger partial charge in [-0.05, 0) is 48.4 Å². The molecule has 9 nitrogen and oxygen atoms in total. The predicted octanol–water partition coefficient (Wildman–Crippen LogP) is 2.59. The van der Waals surface area contributed by atoms with Crippen molar-refractivity contribution in [3.05, 3.63) is 83.9 Å². The van der Waals surface area contributed by atoms with Gasteiger partial charge in [0.2, 0.25) is 10.0 Å². The summed E-state index contributed by atoms with van der Waals surface area (Å²) in [7, 11) is -6.15. The molecule has 5 rings (SSSR count). The van der Waals surface area contributed by atoms with Crippen molar-refractivity contribution in [3.63, 3.8) is 0 Å². The third-order valence-corrected chi connectivity index (χ3v) is 10.5. The van der Waals surface area contributed by atoms with Crippen molar-refractivity contribution in [2.24, 2.45) is 0 Å². The van der Waals surface area contributed by atoms with Crippen molar-refractivity contribution in [1.29, 1.82) is 0 Å². The number of sulfonamides is 2. The number of piperazine rings is 1. The fraction of sp³-hybridized carbons (Fsp3) is 0.269. The second-order valence-corrected chi connectivity index (χ2v) is 12.6. The van der Waals surface area contributed by atoms with Gasteiger partial charge >= 0.3 is 0 Å². The van der Waals surface area contributed by atoms with Crippen LogP contribution in [-0.2, 0) is 26.5 Å². The molecule has 0 N–H and O–H groups in total. The third-order valence-electron chi connectivity index (χ3n) is 6.74. The van der Waals surface area contributed by atoms with E-state index in [0.29, 0.717) is 18.7 Å². The van der Waals surface area contributed by atoms with Gasteiger partial charge in [0.05, 0.1) is 28.2 Å². The number of benzene rings is 3. The zero-order valence-corrected chi connectivity index (χ0v) is 21.9. The number of hydrogen-bond acceptors (Lipinski definition) is 6. The van der Waals surface area contributed by atoms with E-state index in [0.717, 1.165) is 5.56 Å². The molecule has 0 unspecified atom stereocenters. The molecule has 0 bridgehead atoms. The van der Waals surface area contributed by atoms with E-state index >= 15 is 0 Å². The maximum absolute atomic E-state index is 13.5. The van der Waals surface area contributed by atoms with E-state index in [2.05, 4.69) is 0 Å². The summed E-state index contributed by atoms with van der Waals surface area (Å²) in [4.78, 5) is 15.2. The van der Waals surface area contributed by atoms with Crippen LogP contribution in [0.4, 0.5) is 5.69 Å². The lowest BCUT2D eigenvalue weighted by Crippen LogP contribution is -2.50. The largest absolute Gasteiger partial charge is 0.496 e. The Morgan fingerprint density at radius 1 is 0.757 bits per heavy atom. The quantitative estimate of drug-likeness (QED) is 0.475. The van der Waals surface area contributed by atoms with Gasteiger partial charge in [0.15, 0.2) is 0 Å². The monoisotopic (exact) mass is 541 g/mol. The molecule has 37 heavy (non-hydrogen) atoms. The number of fused-ring (bicyclic) bond motifs is 1. The molecular weight excluding hydrogens is 514 g/mol. The van der Waals surface area contributed by atoms with E-state index in [9.17, 15) is 21.6 Å². The smallest absolute Gasteiger partial charge is 0.264 e. The Kier molecular flexibility index (Phi) is 6.69. The maximum Gasteiger partial charge on any atom is 0.264 e. The molecule has 3 aromatic rings. The van der Waals surface area contributed by atoms with Gasteiger partial charge < -0.3 is 9.64 Å². The minimum absolute atomic E-state index is 0.00126. The summed E-state index contributed by atoms with van der Waals surface area (Å²) in [5.74, 6) is -0.155. The highest BCUT2D eigenvalue weighted by atomic mass is 32.2. The summed E-state index contributed by atoms with van der Waals surface area (Å²) in [6.45, 7) is 0.936. The molecule has 194 valence electrons. The Hall–Kier alpha value is -3.41. The van der Waals surface area contributed by atoms with Crippen molar-refractivity contribution < 1.29 is 26.4 Å². The highest BCUT2D eigenvalue weighted by molar-refractivity contribution is 7.92. The van der Waals surface area contributed by atoms with Crippen LogP contribution in [0.2, 0.25) is 0 Å². The number of carbonyl (C=O) groups is 1. The lowest BCUT2D eigenvalue weighted by atomic mass is 10.1. The van der Waals surface area contributed by atoms with E-state index in [-0.39, 0.29) is 47.3 Å². The van der Waals surface area contributed by atoms with Crippen LogP contribution < -0.4 is 9.04 Å². The van der Waals surface area contributed by atoms with Crippen molar-refractivity contribution in [2.75, 3.05) is 44.1 Å². The average molecular weight is 542 g/mol. The van der Waals surface area contributed by atoms with Gasteiger partial charge in [-0.15, -0.1) is 0 Å². The first-order valence-electron chi connectivity index (χ1n) is 11.9. The summed E-state index contributed by atoms with van der Waals surface area (Å²) in [6, 6.07) is 19.8. The second-order valence-electron chi connectivity index (χ2n) is 8.83. The number of hydrogen-bond donors (Lipinski definition) is 0. The molecule has 0 aliphatic carbocycles. The van der Waals surface area contributed by atoms with Gasteiger partial charge in [-0.2, -0.15) is 4.31 Å². The summed E-state index contributed by atoms with van der Waals surface area (Å²) in [6.07, 6.45) is 0.619. The number of para-hydroxylation sites is 1. The molecule has 3 aromatic carbocycles. The zero-order chi connectivity index (χ0) is 26.2. The molecule has 2 aliphatic rings. The van der Waals surface area contributed by atoms with Gasteiger partial charge in [0.25, 0.3) is 15.9 Å². The first-order valence-corrected chi connectivity index (χ1v) is 14.7. The highest BCUT2D eigenvalue weighted by Gasteiger charge is 2.34. The van der Waals surface area contributed by atoms with E-state index in [4.69, 9.17) is 4.74 Å². The van der Waals surface area contributed by atoms with Gasteiger partial charge in [0.1, 0.15) is 5.75 Å². The van der Waals surface area contributed by atoms with E-state index < -0.39 is 26.0 Å². The molecule has 0 radical (unpaired) electrons. The van der Waals surface area contributed by atoms with Gasteiger partial charge in [-0.3, -0.25) is 9.10 Å². The SMILES string of the molecule is COc1ccc(S(=O)(=O)N2CCc3ccccc32)cc1C(=O)N1CCN(S(=O)(=O)c2ccccc2)CC1. The third kappa shape index (κ3) is 4.58. The first-order chi connectivity index (χ1) is 17.7. The molecule has 0 aromatic heterocycles. The number of methoxy groups -OCH3 is 1. The van der Waals surface area contributed by atoms with Crippen molar-refractivity contribution >= 4 is 31.6 Å². The maximum atomic E-state index is 13.5. The zero-order valence-electron chi connectivity index (χ0n) is 20.3. The number of ether oxygens (including phenoxy) is 1. The minimum atomic E-state index is -3.90. The standard InChI is InChI=1S/C26H27N3O6S2/c1-35-25-12-11-22(37(33,34)29-14-13-20-7-5-6-10-24(20)29)19-23(25)26(30)27-15-17-28(18-16-27)36(31,32)21-8-3-2-4-9-21/h2-12,19H,13-18H2,1H3. The molecule has 0 atom stereocenters. The number of nitrogens with zero attached hydrogens (tertiary/aromatic N) is 3. The van der Waals surface area contributed by atoms with Crippen LogP contribution in [0.1, 0.15) is 15.9 Å². The molecule has 1 saturated heterocycles. The van der Waals surface area contributed by atoms with Crippen LogP contribution in [0.25, 0.3) is 0 Å². The number of amides is 1. The fourth-order valence-electron chi connectivity index (χ4n) is 4.74. The Labute approximate surface area is 217 Å². The molecule has 2 heterocycles. The molecule has 0 spiro atoms. The van der Waals surface area contributed by atoms with E-state index in [1.54, 1.807) is 42.5 Å². The van der Waals surface area contributed by atoms with Crippen LogP contribution in [0.15, 0.2) is 82.6 Å². The van der Waals surface area contributed by atoms with Crippen LogP contribution in [0.5, 0.6) is 5.75 Å². The lowest BCUT2D eigenvalue weighted by Gasteiger charge is -2.34. The predicted molar refractivity (Wildman–Crippen MR) is 139 cm³/mol. The first kappa shape index (κ1) is 25.2. The minimum Gasteiger partial charge on any atom is -0.496 e. The summed E-state index contributed by atoms with van der Waals surface area (Å²) < 4.78 is 61.0. The van der Waals surface area contributed by atoms with Crippen LogP contribution in [0.3, 0.4) is 0 Å². The lowest BCUT2D eigenvalue weighted by molar-refractivity contribution is 0.0694. The molecule has 2 aliphatic heterocycles. The number of carbonyl (C=O) groups excluding carboxylic acids is 1. The molecule has 1 fully saturated rings. The summed E-state index contributed by atoms with van der Waals surface area (Å²) in [5.41, 5.74) is 1.72. The fourth-order valence-corrected chi connectivity index (χ4v) is 7.72. The van der Waals surface area contributed by atoms with Crippen molar-refractivity contribution in [2.45, 2.75) is 16.2 Å². The van der Waals surface area contributed by atoms with Gasteiger partial charge in [-0.1, -0.05) is 36.4 Å². The molecule has 0 saturated carbocycles. The Morgan fingerprint density at radius 2 is 1.43 bits per heavy atom. The van der Waals surface area contributed by atoms with Crippen LogP contribution in [-0.4, -0.2) is 71.8 Å². The van der Waals surface area contributed by atoms with E-state index in [1.807, 2.05) is 12.1 Å².